The number of anilines is 1. The van der Waals surface area contributed by atoms with Crippen LogP contribution in [0.2, 0.25) is 0 Å². The lowest BCUT2D eigenvalue weighted by atomic mass is 10.2. The number of fused-ring (bicyclic) bond motifs is 1. The number of thiophene rings is 1. The van der Waals surface area contributed by atoms with E-state index in [2.05, 4.69) is 15.0 Å². The van der Waals surface area contributed by atoms with E-state index in [1.54, 1.807) is 18.5 Å². The highest BCUT2D eigenvalue weighted by Crippen LogP contribution is 2.39. The topological polar surface area (TPSA) is 130 Å². The summed E-state index contributed by atoms with van der Waals surface area (Å²) in [5.74, 6) is 0.611. The molecule has 0 aliphatic rings. The summed E-state index contributed by atoms with van der Waals surface area (Å²) >= 11 is 1.10. The molecule has 0 fully saturated rings. The summed E-state index contributed by atoms with van der Waals surface area (Å²) in [4.78, 5) is 25.3. The Hall–Kier alpha value is -3.46. The van der Waals surface area contributed by atoms with E-state index in [1.807, 2.05) is 25.1 Å². The Kier molecular flexibility index (Phi) is 4.21. The van der Waals surface area contributed by atoms with Gasteiger partial charge in [0.05, 0.1) is 11.1 Å². The number of aromatic nitrogens is 3. The molecule has 4 aromatic rings. The summed E-state index contributed by atoms with van der Waals surface area (Å²) in [5, 5.41) is 0.525. The van der Waals surface area contributed by atoms with E-state index in [-0.39, 0.29) is 23.2 Å². The molecule has 0 saturated heterocycles. The summed E-state index contributed by atoms with van der Waals surface area (Å²) in [6.07, 6.45) is 3.38. The van der Waals surface area contributed by atoms with Gasteiger partial charge in [0, 0.05) is 18.0 Å². The molecule has 0 aliphatic heterocycles. The number of amides is 1. The largest absolute Gasteiger partial charge is 0.460 e. The van der Waals surface area contributed by atoms with Gasteiger partial charge in [-0.2, -0.15) is 9.97 Å². The first-order valence-corrected chi connectivity index (χ1v) is 8.83. The van der Waals surface area contributed by atoms with E-state index in [4.69, 9.17) is 20.6 Å². The molecule has 4 heterocycles. The average Bonchev–Trinajstić information content (AvgIpc) is 3.24. The molecule has 1 amide bonds. The van der Waals surface area contributed by atoms with Gasteiger partial charge < -0.3 is 20.6 Å². The van der Waals surface area contributed by atoms with E-state index < -0.39 is 5.91 Å². The van der Waals surface area contributed by atoms with Gasteiger partial charge in [-0.1, -0.05) is 6.07 Å². The van der Waals surface area contributed by atoms with Crippen LogP contribution in [0.5, 0.6) is 6.01 Å². The molecule has 4 aromatic heterocycles. The third kappa shape index (κ3) is 3.20. The first kappa shape index (κ1) is 17.0. The van der Waals surface area contributed by atoms with E-state index in [9.17, 15) is 4.79 Å². The first-order valence-electron chi connectivity index (χ1n) is 8.01. The molecule has 0 unspecified atom stereocenters. The Balaban J connectivity index is 1.82. The van der Waals surface area contributed by atoms with Crippen molar-refractivity contribution in [3.05, 3.63) is 52.9 Å². The highest BCUT2D eigenvalue weighted by Gasteiger charge is 2.22. The van der Waals surface area contributed by atoms with Crippen molar-refractivity contribution < 1.29 is 13.9 Å². The van der Waals surface area contributed by atoms with Crippen LogP contribution in [0.1, 0.15) is 21.0 Å². The zero-order valence-electron chi connectivity index (χ0n) is 14.3. The normalized spacial score (nSPS) is 11.0. The van der Waals surface area contributed by atoms with Crippen LogP contribution >= 0.6 is 11.3 Å². The number of carbonyl (C=O) groups excluding carboxylic acids is 1. The van der Waals surface area contributed by atoms with Crippen LogP contribution in [0.4, 0.5) is 5.69 Å². The van der Waals surface area contributed by atoms with Gasteiger partial charge >= 0.3 is 6.01 Å². The maximum atomic E-state index is 11.7. The van der Waals surface area contributed by atoms with Crippen LogP contribution in [-0.4, -0.2) is 20.9 Å². The Bertz CT molecular complexity index is 1140. The number of ether oxygens (including phenoxy) is 1. The summed E-state index contributed by atoms with van der Waals surface area (Å²) < 4.78 is 11.4. The van der Waals surface area contributed by atoms with Crippen molar-refractivity contribution in [2.75, 3.05) is 5.73 Å². The predicted molar refractivity (Wildman–Crippen MR) is 101 cm³/mol. The number of nitrogen functional groups attached to an aromatic ring is 1. The minimum absolute atomic E-state index is 0.146. The second kappa shape index (κ2) is 6.69. The van der Waals surface area contributed by atoms with Crippen molar-refractivity contribution in [1.29, 1.82) is 0 Å². The van der Waals surface area contributed by atoms with Gasteiger partial charge in [0.15, 0.2) is 5.76 Å². The van der Waals surface area contributed by atoms with Crippen molar-refractivity contribution in [3.8, 4) is 17.5 Å². The van der Waals surface area contributed by atoms with Crippen LogP contribution in [0, 0.1) is 6.92 Å². The molecule has 0 saturated carbocycles. The van der Waals surface area contributed by atoms with Crippen LogP contribution in [0.15, 0.2) is 41.1 Å². The first-order chi connectivity index (χ1) is 13.0. The van der Waals surface area contributed by atoms with Crippen molar-refractivity contribution in [2.45, 2.75) is 13.5 Å². The molecule has 4 rings (SSSR count). The summed E-state index contributed by atoms with van der Waals surface area (Å²) in [6, 6.07) is 7.45. The number of aryl methyl sites for hydroxylation is 1. The third-order valence-electron chi connectivity index (χ3n) is 3.86. The molecular formula is C18H15N5O3S. The Morgan fingerprint density at radius 1 is 1.30 bits per heavy atom. The molecule has 0 spiro atoms. The maximum Gasteiger partial charge on any atom is 0.318 e. The van der Waals surface area contributed by atoms with Gasteiger partial charge in [0.2, 0.25) is 0 Å². The molecule has 4 N–H and O–H groups in total. The van der Waals surface area contributed by atoms with E-state index in [0.29, 0.717) is 21.7 Å². The zero-order chi connectivity index (χ0) is 19.0. The van der Waals surface area contributed by atoms with Crippen LogP contribution in [-0.2, 0) is 6.61 Å². The van der Waals surface area contributed by atoms with Crippen molar-refractivity contribution in [1.82, 2.24) is 15.0 Å². The Morgan fingerprint density at radius 2 is 2.15 bits per heavy atom. The number of hydrogen-bond acceptors (Lipinski definition) is 8. The van der Waals surface area contributed by atoms with Crippen molar-refractivity contribution in [2.24, 2.45) is 5.73 Å². The zero-order valence-corrected chi connectivity index (χ0v) is 15.1. The molecule has 0 aliphatic carbocycles. The lowest BCUT2D eigenvalue weighted by Gasteiger charge is -2.07. The smallest absolute Gasteiger partial charge is 0.318 e. The van der Waals surface area contributed by atoms with E-state index in [1.165, 1.54) is 0 Å². The molecule has 0 atom stereocenters. The second-order valence-corrected chi connectivity index (χ2v) is 6.80. The minimum atomic E-state index is -0.616. The highest BCUT2D eigenvalue weighted by atomic mass is 32.1. The number of pyridine rings is 1. The quantitative estimate of drug-likeness (QED) is 0.543. The molecule has 9 heteroatoms. The van der Waals surface area contributed by atoms with Crippen LogP contribution in [0.3, 0.4) is 0 Å². The summed E-state index contributed by atoms with van der Waals surface area (Å²) in [6.45, 7) is 2.08. The molecule has 0 aromatic carbocycles. The molecule has 27 heavy (non-hydrogen) atoms. The number of hydrogen-bond donors (Lipinski definition) is 2. The Morgan fingerprint density at radius 3 is 2.81 bits per heavy atom. The molecule has 136 valence electrons. The predicted octanol–water partition coefficient (Wildman–Crippen LogP) is 2.91. The molecule has 0 radical (unpaired) electrons. The number of nitrogens with zero attached hydrogens (tertiary/aromatic N) is 3. The van der Waals surface area contributed by atoms with Crippen LogP contribution < -0.4 is 16.2 Å². The van der Waals surface area contributed by atoms with Crippen molar-refractivity contribution in [3.63, 3.8) is 0 Å². The molecular weight excluding hydrogens is 366 g/mol. The number of primary amides is 1. The van der Waals surface area contributed by atoms with Gasteiger partial charge in [-0.15, -0.1) is 11.3 Å². The number of carbonyl (C=O) groups is 1. The van der Waals surface area contributed by atoms with Gasteiger partial charge in [-0.25, -0.2) is 0 Å². The number of nitrogens with two attached hydrogens (primary N) is 2. The van der Waals surface area contributed by atoms with Gasteiger partial charge in [-0.05, 0) is 25.1 Å². The average molecular weight is 381 g/mol. The lowest BCUT2D eigenvalue weighted by molar-refractivity contribution is 0.100. The van der Waals surface area contributed by atoms with Gasteiger partial charge in [0.25, 0.3) is 5.91 Å². The van der Waals surface area contributed by atoms with Crippen molar-refractivity contribution >= 4 is 33.1 Å². The number of furan rings is 1. The van der Waals surface area contributed by atoms with E-state index >= 15 is 0 Å². The van der Waals surface area contributed by atoms with Crippen LogP contribution in [0.25, 0.3) is 21.7 Å². The van der Waals surface area contributed by atoms with Gasteiger partial charge in [-0.3, -0.25) is 9.78 Å². The minimum Gasteiger partial charge on any atom is -0.460 e. The second-order valence-electron chi connectivity index (χ2n) is 5.80. The van der Waals surface area contributed by atoms with E-state index in [0.717, 1.165) is 22.7 Å². The highest BCUT2D eigenvalue weighted by molar-refractivity contribution is 7.21. The third-order valence-corrected chi connectivity index (χ3v) is 4.97. The maximum absolute atomic E-state index is 11.7. The summed E-state index contributed by atoms with van der Waals surface area (Å²) in [5.41, 5.74) is 13.1. The van der Waals surface area contributed by atoms with Gasteiger partial charge in [0.1, 0.15) is 27.8 Å². The summed E-state index contributed by atoms with van der Waals surface area (Å²) in [7, 11) is 0. The standard InChI is InChI=1S/C18H15N5O3S/c1-9-4-5-11(26-9)14-12-13(19)15(16(20)24)27-17(12)23-18(22-14)25-8-10-3-2-6-21-7-10/h2-7H,8,19H2,1H3,(H2,20,24). The fourth-order valence-electron chi connectivity index (χ4n) is 2.62. The SMILES string of the molecule is Cc1ccc(-c2nc(OCc3cccnc3)nc3sc(C(N)=O)c(N)c23)o1. The lowest BCUT2D eigenvalue weighted by Crippen LogP contribution is -2.10. The Labute approximate surface area is 157 Å². The molecule has 8 nitrogen and oxygen atoms in total. The fourth-order valence-corrected chi connectivity index (χ4v) is 3.56. The number of rotatable bonds is 5. The molecule has 0 bridgehead atoms. The fraction of sp³-hybridized carbons (Fsp3) is 0.111. The monoisotopic (exact) mass is 381 g/mol.